The van der Waals surface area contributed by atoms with Gasteiger partial charge in [-0.25, -0.2) is 0 Å². The van der Waals surface area contributed by atoms with Crippen molar-refractivity contribution in [2.45, 2.75) is 13.2 Å². The molecule has 1 unspecified atom stereocenters. The molecule has 0 aliphatic carbocycles. The second kappa shape index (κ2) is 8.52. The van der Waals surface area contributed by atoms with Crippen molar-refractivity contribution in [1.29, 1.82) is 0 Å². The molecule has 72 valence electrons. The normalized spacial score (nSPS) is 12.5. The average molecular weight is 176 g/mol. The molecule has 1 atom stereocenters. The first-order valence-electron chi connectivity index (χ1n) is 3.87. The van der Waals surface area contributed by atoms with Gasteiger partial charge in [-0.1, -0.05) is 6.58 Å². The molecule has 0 bridgehead atoms. The number of hydrogen-bond acceptors (Lipinski definition) is 4. The molecule has 0 aromatic rings. The van der Waals surface area contributed by atoms with E-state index in [-0.39, 0.29) is 0 Å². The molecule has 0 aromatic heterocycles. The van der Waals surface area contributed by atoms with Crippen LogP contribution in [0.25, 0.3) is 0 Å². The minimum Gasteiger partial charge on any atom is -0.499 e. The van der Waals surface area contributed by atoms with Crippen LogP contribution in [0, 0.1) is 0 Å². The lowest BCUT2D eigenvalue weighted by Crippen LogP contribution is -2.13. The van der Waals surface area contributed by atoms with Gasteiger partial charge in [-0.2, -0.15) is 0 Å². The van der Waals surface area contributed by atoms with Crippen LogP contribution < -0.4 is 0 Å². The van der Waals surface area contributed by atoms with Gasteiger partial charge in [0.1, 0.15) is 6.61 Å². The third-order valence-corrected chi connectivity index (χ3v) is 1.05. The molecule has 0 amide bonds. The minimum absolute atomic E-state index is 0.395. The summed E-state index contributed by atoms with van der Waals surface area (Å²) in [6.45, 7) is 6.80. The van der Waals surface area contributed by atoms with E-state index in [2.05, 4.69) is 6.58 Å². The molecule has 0 fully saturated rings. The summed E-state index contributed by atoms with van der Waals surface area (Å²) in [6, 6.07) is 0. The number of ether oxygens (including phenoxy) is 3. The SMILES string of the molecule is C=COCCOCCOC(C)O. The highest BCUT2D eigenvalue weighted by atomic mass is 16.6. The van der Waals surface area contributed by atoms with Gasteiger partial charge >= 0.3 is 0 Å². The van der Waals surface area contributed by atoms with E-state index >= 15 is 0 Å². The molecule has 12 heavy (non-hydrogen) atoms. The van der Waals surface area contributed by atoms with Crippen molar-refractivity contribution in [1.82, 2.24) is 0 Å². The maximum atomic E-state index is 8.68. The molecule has 4 nitrogen and oxygen atoms in total. The third-order valence-electron chi connectivity index (χ3n) is 1.05. The van der Waals surface area contributed by atoms with Gasteiger partial charge in [0.15, 0.2) is 6.29 Å². The van der Waals surface area contributed by atoms with E-state index in [0.29, 0.717) is 26.4 Å². The molecular weight excluding hydrogens is 160 g/mol. The molecule has 0 saturated carbocycles. The standard InChI is InChI=1S/C8H16O4/c1-3-10-4-5-11-6-7-12-8(2)9/h3,8-9H,1,4-7H2,2H3. The first-order chi connectivity index (χ1) is 5.77. The molecule has 0 radical (unpaired) electrons. The Morgan fingerprint density at radius 2 is 2.00 bits per heavy atom. The van der Waals surface area contributed by atoms with E-state index in [1.807, 2.05) is 0 Å². The van der Waals surface area contributed by atoms with E-state index in [4.69, 9.17) is 19.3 Å². The second-order valence-electron chi connectivity index (χ2n) is 2.12. The fourth-order valence-corrected chi connectivity index (χ4v) is 0.570. The first kappa shape index (κ1) is 11.4. The summed E-state index contributed by atoms with van der Waals surface area (Å²) in [4.78, 5) is 0. The van der Waals surface area contributed by atoms with Gasteiger partial charge in [-0.15, -0.1) is 0 Å². The van der Waals surface area contributed by atoms with Gasteiger partial charge in [0, 0.05) is 0 Å². The van der Waals surface area contributed by atoms with Crippen LogP contribution in [0.4, 0.5) is 0 Å². The Bertz CT molecular complexity index is 103. The Morgan fingerprint density at radius 1 is 1.33 bits per heavy atom. The maximum absolute atomic E-state index is 8.68. The Hall–Kier alpha value is -0.580. The molecule has 0 spiro atoms. The molecule has 4 heteroatoms. The van der Waals surface area contributed by atoms with Gasteiger partial charge in [-0.3, -0.25) is 0 Å². The van der Waals surface area contributed by atoms with Crippen LogP contribution in [0.15, 0.2) is 12.8 Å². The lowest BCUT2D eigenvalue weighted by Gasteiger charge is -2.06. The summed E-state index contributed by atoms with van der Waals surface area (Å²) >= 11 is 0. The van der Waals surface area contributed by atoms with E-state index in [1.54, 1.807) is 6.92 Å². The molecule has 1 N–H and O–H groups in total. The molecule has 0 rings (SSSR count). The fourth-order valence-electron chi connectivity index (χ4n) is 0.570. The molecule has 0 saturated heterocycles. The van der Waals surface area contributed by atoms with Crippen LogP contribution >= 0.6 is 0 Å². The lowest BCUT2D eigenvalue weighted by molar-refractivity contribution is -0.101. The average Bonchev–Trinajstić information content (AvgIpc) is 2.02. The highest BCUT2D eigenvalue weighted by Gasteiger charge is 1.93. The Kier molecular flexibility index (Phi) is 8.10. The van der Waals surface area contributed by atoms with Gasteiger partial charge < -0.3 is 19.3 Å². The van der Waals surface area contributed by atoms with Gasteiger partial charge in [0.2, 0.25) is 0 Å². The van der Waals surface area contributed by atoms with Crippen LogP contribution in [-0.4, -0.2) is 37.8 Å². The molecule has 0 heterocycles. The number of aliphatic hydroxyl groups excluding tert-OH is 1. The monoisotopic (exact) mass is 176 g/mol. The first-order valence-corrected chi connectivity index (χ1v) is 3.87. The van der Waals surface area contributed by atoms with Crippen molar-refractivity contribution in [3.8, 4) is 0 Å². The second-order valence-corrected chi connectivity index (χ2v) is 2.12. The van der Waals surface area contributed by atoms with E-state index in [0.717, 1.165) is 0 Å². The van der Waals surface area contributed by atoms with Crippen molar-refractivity contribution >= 4 is 0 Å². The van der Waals surface area contributed by atoms with Crippen LogP contribution in [0.1, 0.15) is 6.92 Å². The number of hydrogen-bond donors (Lipinski definition) is 1. The minimum atomic E-state index is -0.724. The molecule has 0 aromatic carbocycles. The number of rotatable bonds is 8. The zero-order chi connectivity index (χ0) is 9.23. The summed E-state index contributed by atoms with van der Waals surface area (Å²) < 4.78 is 14.7. The summed E-state index contributed by atoms with van der Waals surface area (Å²) in [7, 11) is 0. The Labute approximate surface area is 72.7 Å². The summed E-state index contributed by atoms with van der Waals surface area (Å²) in [5.41, 5.74) is 0. The maximum Gasteiger partial charge on any atom is 0.151 e. The van der Waals surface area contributed by atoms with Crippen molar-refractivity contribution in [2.24, 2.45) is 0 Å². The Balaban J connectivity index is 2.86. The zero-order valence-corrected chi connectivity index (χ0v) is 7.36. The highest BCUT2D eigenvalue weighted by Crippen LogP contribution is 1.84. The quantitative estimate of drug-likeness (QED) is 0.333. The fraction of sp³-hybridized carbons (Fsp3) is 0.750. The van der Waals surface area contributed by atoms with Crippen molar-refractivity contribution in [2.75, 3.05) is 26.4 Å². The van der Waals surface area contributed by atoms with Crippen LogP contribution in [-0.2, 0) is 14.2 Å². The van der Waals surface area contributed by atoms with Crippen LogP contribution in [0.3, 0.4) is 0 Å². The van der Waals surface area contributed by atoms with Gasteiger partial charge in [0.25, 0.3) is 0 Å². The smallest absolute Gasteiger partial charge is 0.151 e. The summed E-state index contributed by atoms with van der Waals surface area (Å²) in [5.74, 6) is 0. The summed E-state index contributed by atoms with van der Waals surface area (Å²) in [6.07, 6.45) is 0.647. The lowest BCUT2D eigenvalue weighted by atomic mass is 10.7. The predicted octanol–water partition coefficient (Wildman–Crippen LogP) is 0.518. The van der Waals surface area contributed by atoms with E-state index < -0.39 is 6.29 Å². The summed E-state index contributed by atoms with van der Waals surface area (Å²) in [5, 5.41) is 8.68. The van der Waals surface area contributed by atoms with E-state index in [1.165, 1.54) is 6.26 Å². The number of aliphatic hydroxyl groups is 1. The van der Waals surface area contributed by atoms with Crippen LogP contribution in [0.2, 0.25) is 0 Å². The largest absolute Gasteiger partial charge is 0.499 e. The van der Waals surface area contributed by atoms with E-state index in [9.17, 15) is 0 Å². The third kappa shape index (κ3) is 9.42. The zero-order valence-electron chi connectivity index (χ0n) is 7.36. The topological polar surface area (TPSA) is 47.9 Å². The Morgan fingerprint density at radius 3 is 2.58 bits per heavy atom. The van der Waals surface area contributed by atoms with Crippen molar-refractivity contribution in [3.63, 3.8) is 0 Å². The van der Waals surface area contributed by atoms with Crippen LogP contribution in [0.5, 0.6) is 0 Å². The van der Waals surface area contributed by atoms with Crippen molar-refractivity contribution in [3.05, 3.63) is 12.8 Å². The van der Waals surface area contributed by atoms with Gasteiger partial charge in [-0.05, 0) is 6.92 Å². The molecule has 0 aliphatic rings. The molecular formula is C8H16O4. The van der Waals surface area contributed by atoms with Crippen molar-refractivity contribution < 1.29 is 19.3 Å². The molecule has 0 aliphatic heterocycles. The predicted molar refractivity (Wildman–Crippen MR) is 44.6 cm³/mol. The van der Waals surface area contributed by atoms with Gasteiger partial charge in [0.05, 0.1) is 26.1 Å². The highest BCUT2D eigenvalue weighted by molar-refractivity contribution is 4.47.